The molecule has 0 radical (unpaired) electrons. The summed E-state index contributed by atoms with van der Waals surface area (Å²) in [6.45, 7) is 9.47. The Bertz CT molecular complexity index is 351. The summed E-state index contributed by atoms with van der Waals surface area (Å²) < 4.78 is 13.4. The third kappa shape index (κ3) is 3.34. The number of nitrogens with zero attached hydrogens (tertiary/aromatic N) is 1. The first-order valence-electron chi connectivity index (χ1n) is 5.70. The Morgan fingerprint density at radius 1 is 1.31 bits per heavy atom. The number of hydrogen-bond acceptors (Lipinski definition) is 1. The van der Waals surface area contributed by atoms with Gasteiger partial charge in [0.15, 0.2) is 0 Å². The molecule has 0 aliphatic heterocycles. The molecular weight excluding hydrogens is 201 g/mol. The molecule has 0 heterocycles. The fourth-order valence-corrected chi connectivity index (χ4v) is 2.05. The third-order valence-corrected chi connectivity index (χ3v) is 3.28. The second-order valence-electron chi connectivity index (χ2n) is 4.61. The Balaban J connectivity index is 2.59. The average molecular weight is 219 g/mol. The van der Waals surface area contributed by atoms with Crippen LogP contribution in [0, 0.1) is 23.2 Å². The van der Waals surface area contributed by atoms with Gasteiger partial charge in [-0.05, 0) is 36.3 Å². The quantitative estimate of drug-likeness (QED) is 0.512. The van der Waals surface area contributed by atoms with Gasteiger partial charge in [0.2, 0.25) is 0 Å². The second-order valence-corrected chi connectivity index (χ2v) is 4.61. The molecule has 1 rings (SSSR count). The van der Waals surface area contributed by atoms with Crippen LogP contribution in [0.4, 0.5) is 4.39 Å². The molecule has 0 unspecified atom stereocenters. The molecule has 0 aromatic rings. The molecule has 0 saturated heterocycles. The molecule has 0 aromatic heterocycles. The van der Waals surface area contributed by atoms with E-state index in [1.807, 2.05) is 0 Å². The van der Waals surface area contributed by atoms with Gasteiger partial charge in [-0.25, -0.2) is 4.39 Å². The van der Waals surface area contributed by atoms with Gasteiger partial charge < -0.3 is 0 Å². The highest BCUT2D eigenvalue weighted by molar-refractivity contribution is 5.39. The van der Waals surface area contributed by atoms with Gasteiger partial charge in [-0.15, -0.1) is 0 Å². The lowest BCUT2D eigenvalue weighted by Gasteiger charge is -2.26. The van der Waals surface area contributed by atoms with E-state index in [2.05, 4.69) is 20.1 Å². The van der Waals surface area contributed by atoms with Crippen LogP contribution < -0.4 is 0 Å². The van der Waals surface area contributed by atoms with Crippen LogP contribution in [0.1, 0.15) is 32.6 Å². The normalized spacial score (nSPS) is 25.9. The molecule has 1 fully saturated rings. The molecule has 0 spiro atoms. The van der Waals surface area contributed by atoms with Crippen molar-refractivity contribution in [3.8, 4) is 6.07 Å². The summed E-state index contributed by atoms with van der Waals surface area (Å²) in [5, 5.41) is 8.50. The summed E-state index contributed by atoms with van der Waals surface area (Å²) in [7, 11) is 0. The summed E-state index contributed by atoms with van der Waals surface area (Å²) >= 11 is 0. The molecule has 0 aromatic carbocycles. The van der Waals surface area contributed by atoms with Crippen molar-refractivity contribution >= 4 is 0 Å². The maximum Gasteiger partial charge on any atom is 0.140 e. The van der Waals surface area contributed by atoms with E-state index in [0.29, 0.717) is 5.92 Å². The molecule has 1 aliphatic rings. The highest BCUT2D eigenvalue weighted by Gasteiger charge is 2.19. The number of rotatable bonds is 3. The van der Waals surface area contributed by atoms with Crippen molar-refractivity contribution in [2.45, 2.75) is 32.6 Å². The van der Waals surface area contributed by atoms with Gasteiger partial charge >= 0.3 is 0 Å². The summed E-state index contributed by atoms with van der Waals surface area (Å²) in [4.78, 5) is 0. The summed E-state index contributed by atoms with van der Waals surface area (Å²) in [5.74, 6) is 0.589. The lowest BCUT2D eigenvalue weighted by Crippen LogP contribution is -2.13. The van der Waals surface area contributed by atoms with Gasteiger partial charge in [0.05, 0.1) is 5.57 Å². The van der Waals surface area contributed by atoms with Crippen LogP contribution in [-0.2, 0) is 0 Å². The predicted octanol–water partition coefficient (Wildman–Crippen LogP) is 4.30. The maximum absolute atomic E-state index is 13.4. The largest absolute Gasteiger partial charge is 0.206 e. The number of halogens is 1. The molecule has 16 heavy (non-hydrogen) atoms. The van der Waals surface area contributed by atoms with Gasteiger partial charge in [-0.1, -0.05) is 32.9 Å². The maximum atomic E-state index is 13.4. The van der Waals surface area contributed by atoms with Crippen molar-refractivity contribution in [3.63, 3.8) is 0 Å². The topological polar surface area (TPSA) is 23.8 Å². The van der Waals surface area contributed by atoms with Crippen LogP contribution in [0.2, 0.25) is 0 Å². The zero-order chi connectivity index (χ0) is 12.1. The van der Waals surface area contributed by atoms with E-state index in [9.17, 15) is 4.39 Å². The van der Waals surface area contributed by atoms with Crippen LogP contribution in [0.25, 0.3) is 0 Å². The first kappa shape index (κ1) is 12.7. The van der Waals surface area contributed by atoms with Gasteiger partial charge in [-0.3, -0.25) is 0 Å². The van der Waals surface area contributed by atoms with Crippen molar-refractivity contribution in [2.24, 2.45) is 11.8 Å². The van der Waals surface area contributed by atoms with Crippen molar-refractivity contribution in [1.82, 2.24) is 0 Å². The van der Waals surface area contributed by atoms with Gasteiger partial charge in [0.1, 0.15) is 11.9 Å². The van der Waals surface area contributed by atoms with E-state index < -0.39 is 5.83 Å². The molecule has 0 atom stereocenters. The van der Waals surface area contributed by atoms with E-state index in [1.165, 1.54) is 18.9 Å². The van der Waals surface area contributed by atoms with Crippen molar-refractivity contribution in [1.29, 1.82) is 5.26 Å². The van der Waals surface area contributed by atoms with Crippen LogP contribution >= 0.6 is 0 Å². The minimum atomic E-state index is -0.550. The fourth-order valence-electron chi connectivity index (χ4n) is 2.05. The molecular formula is C14H18FN. The number of nitriles is 1. The Hall–Kier alpha value is -1.36. The zero-order valence-corrected chi connectivity index (χ0v) is 9.80. The lowest BCUT2D eigenvalue weighted by atomic mass is 9.79. The average Bonchev–Trinajstić information content (AvgIpc) is 2.28. The Morgan fingerprint density at radius 2 is 1.88 bits per heavy atom. The van der Waals surface area contributed by atoms with E-state index in [0.717, 1.165) is 24.3 Å². The Kier molecular flexibility index (Phi) is 4.49. The highest BCUT2D eigenvalue weighted by Crippen LogP contribution is 2.33. The minimum Gasteiger partial charge on any atom is -0.206 e. The van der Waals surface area contributed by atoms with Crippen LogP contribution in [-0.4, -0.2) is 0 Å². The van der Waals surface area contributed by atoms with Gasteiger partial charge in [0.25, 0.3) is 0 Å². The van der Waals surface area contributed by atoms with Crippen molar-refractivity contribution < 1.29 is 4.39 Å². The molecule has 0 bridgehead atoms. The summed E-state index contributed by atoms with van der Waals surface area (Å²) in [6, 6.07) is 1.70. The fraction of sp³-hybridized carbons (Fsp3) is 0.500. The third-order valence-electron chi connectivity index (χ3n) is 3.28. The SMILES string of the molecule is C=C(C#N)/C(F)=C\C(=C)C1CCC(C)CC1. The first-order chi connectivity index (χ1) is 7.54. The first-order valence-corrected chi connectivity index (χ1v) is 5.70. The molecule has 86 valence electrons. The van der Waals surface area contributed by atoms with Crippen molar-refractivity contribution in [2.75, 3.05) is 0 Å². The minimum absolute atomic E-state index is 0.120. The van der Waals surface area contributed by atoms with E-state index in [4.69, 9.17) is 5.26 Å². The molecule has 1 aliphatic carbocycles. The second kappa shape index (κ2) is 5.65. The highest BCUT2D eigenvalue weighted by atomic mass is 19.1. The number of hydrogen-bond donors (Lipinski definition) is 0. The molecule has 0 amide bonds. The number of allylic oxidation sites excluding steroid dienone is 4. The van der Waals surface area contributed by atoms with E-state index >= 15 is 0 Å². The van der Waals surface area contributed by atoms with Crippen molar-refractivity contribution in [3.05, 3.63) is 36.2 Å². The Labute approximate surface area is 97.0 Å². The van der Waals surface area contributed by atoms with Gasteiger partial charge in [-0.2, -0.15) is 5.26 Å². The summed E-state index contributed by atoms with van der Waals surface area (Å²) in [5.41, 5.74) is 0.672. The smallest absolute Gasteiger partial charge is 0.140 e. The van der Waals surface area contributed by atoms with E-state index in [-0.39, 0.29) is 5.57 Å². The predicted molar refractivity (Wildman–Crippen MR) is 64.2 cm³/mol. The van der Waals surface area contributed by atoms with Crippen LogP contribution in [0.15, 0.2) is 36.2 Å². The lowest BCUT2D eigenvalue weighted by molar-refractivity contribution is 0.323. The molecule has 2 heteroatoms. The summed E-state index contributed by atoms with van der Waals surface area (Å²) in [6.07, 6.45) is 5.87. The van der Waals surface area contributed by atoms with E-state index in [1.54, 1.807) is 6.07 Å². The molecule has 1 saturated carbocycles. The van der Waals surface area contributed by atoms with Crippen LogP contribution in [0.3, 0.4) is 0 Å². The zero-order valence-electron chi connectivity index (χ0n) is 9.80. The van der Waals surface area contributed by atoms with Gasteiger partial charge in [0, 0.05) is 0 Å². The molecule has 1 nitrogen and oxygen atoms in total. The Morgan fingerprint density at radius 3 is 2.38 bits per heavy atom. The standard InChI is InChI=1S/C14H18FN/c1-10-4-6-13(7-5-10)11(2)8-14(15)12(3)9-16/h8,10,13H,2-7H2,1H3/b14-8+. The molecule has 0 N–H and O–H groups in total. The monoisotopic (exact) mass is 219 g/mol. The van der Waals surface area contributed by atoms with Crippen LogP contribution in [0.5, 0.6) is 0 Å².